The van der Waals surface area contributed by atoms with E-state index < -0.39 is 0 Å². The molecule has 3 fully saturated rings. The zero-order valence-electron chi connectivity index (χ0n) is 10.3. The van der Waals surface area contributed by atoms with Crippen LogP contribution in [0.4, 0.5) is 0 Å². The summed E-state index contributed by atoms with van der Waals surface area (Å²) in [6.07, 6.45) is 7.77. The lowest BCUT2D eigenvalue weighted by molar-refractivity contribution is 0.349. The van der Waals surface area contributed by atoms with Crippen molar-refractivity contribution in [2.24, 2.45) is 17.8 Å². The molecule has 87 valence electrons. The minimum atomic E-state index is 0. The number of rotatable bonds is 1. The molecule has 5 atom stereocenters. The molecule has 1 aliphatic heterocycles. The first-order valence-corrected chi connectivity index (χ1v) is 8.35. The smallest absolute Gasteiger partial charge is 0 e. The standard InChI is InChI=1S/C15H19P.B/c1-2-4-13(5-3-1)16-9-8-14-11-6-7-12(10-11)15(14)16;/h1-5,11-12,14-15H,6-10H2;/t11-,12+,14+,15-,16+;/m0./s1. The van der Waals surface area contributed by atoms with E-state index in [0.717, 1.165) is 23.4 Å². The highest BCUT2D eigenvalue weighted by molar-refractivity contribution is 7.66. The molecule has 17 heavy (non-hydrogen) atoms. The van der Waals surface area contributed by atoms with Crippen LogP contribution in [0.25, 0.3) is 0 Å². The van der Waals surface area contributed by atoms with Gasteiger partial charge in [-0.05, 0) is 60.6 Å². The Morgan fingerprint density at radius 3 is 2.53 bits per heavy atom. The average Bonchev–Trinajstić information content (AvgIpc) is 3.03. The highest BCUT2D eigenvalue weighted by atomic mass is 31.1. The van der Waals surface area contributed by atoms with E-state index in [-0.39, 0.29) is 16.3 Å². The lowest BCUT2D eigenvalue weighted by Crippen LogP contribution is -2.23. The Balaban J connectivity index is 0.000000902. The molecule has 2 heteroatoms. The second-order valence-corrected chi connectivity index (χ2v) is 8.30. The van der Waals surface area contributed by atoms with Crippen molar-refractivity contribution in [2.45, 2.75) is 31.3 Å². The maximum atomic E-state index is 2.39. The molecule has 2 saturated carbocycles. The molecule has 1 aromatic carbocycles. The van der Waals surface area contributed by atoms with Gasteiger partial charge >= 0.3 is 0 Å². The monoisotopic (exact) mass is 241 g/mol. The fourth-order valence-electron chi connectivity index (χ4n) is 4.63. The predicted molar refractivity (Wildman–Crippen MR) is 76.3 cm³/mol. The summed E-state index contributed by atoms with van der Waals surface area (Å²) in [4.78, 5) is 0. The third-order valence-electron chi connectivity index (χ3n) is 5.19. The molecule has 1 saturated heterocycles. The summed E-state index contributed by atoms with van der Waals surface area (Å²) in [5, 5.41) is 1.69. The SMILES string of the molecule is [B].c1ccc([P@@]2CC[C@@H]3[C@H]4CC[C@H](C4)[C@@H]32)cc1. The van der Waals surface area contributed by atoms with Gasteiger partial charge in [0.2, 0.25) is 0 Å². The zero-order chi connectivity index (χ0) is 10.5. The highest BCUT2D eigenvalue weighted by Crippen LogP contribution is 2.66. The maximum Gasteiger partial charge on any atom is 0 e. The van der Waals surface area contributed by atoms with Crippen LogP contribution < -0.4 is 5.30 Å². The van der Waals surface area contributed by atoms with Crippen molar-refractivity contribution < 1.29 is 0 Å². The van der Waals surface area contributed by atoms with E-state index in [1.807, 2.05) is 0 Å². The lowest BCUT2D eigenvalue weighted by atomic mass is 9.87. The van der Waals surface area contributed by atoms with Gasteiger partial charge in [-0.25, -0.2) is 0 Å². The Hall–Kier alpha value is -0.285. The number of benzene rings is 1. The van der Waals surface area contributed by atoms with Crippen LogP contribution in [0.1, 0.15) is 25.7 Å². The summed E-state index contributed by atoms with van der Waals surface area (Å²) in [7, 11) is 0.205. The van der Waals surface area contributed by atoms with E-state index in [1.165, 1.54) is 6.16 Å². The van der Waals surface area contributed by atoms with E-state index in [2.05, 4.69) is 30.3 Å². The molecule has 0 amide bonds. The minimum Gasteiger partial charge on any atom is -0.0716 e. The van der Waals surface area contributed by atoms with E-state index in [4.69, 9.17) is 0 Å². The average molecular weight is 241 g/mol. The highest BCUT2D eigenvalue weighted by Gasteiger charge is 2.53. The largest absolute Gasteiger partial charge is 0.0716 e. The van der Waals surface area contributed by atoms with Crippen molar-refractivity contribution in [1.29, 1.82) is 0 Å². The van der Waals surface area contributed by atoms with Crippen LogP contribution in [0.2, 0.25) is 0 Å². The summed E-state index contributed by atoms with van der Waals surface area (Å²) in [5.74, 6) is 3.38. The van der Waals surface area contributed by atoms with Crippen molar-refractivity contribution in [3.63, 3.8) is 0 Å². The molecular formula is C15H19BP. The van der Waals surface area contributed by atoms with Gasteiger partial charge in [0.25, 0.3) is 0 Å². The molecule has 0 unspecified atom stereocenters. The third-order valence-corrected chi connectivity index (χ3v) is 8.42. The Kier molecular flexibility index (Phi) is 3.07. The minimum absolute atomic E-state index is 0. The van der Waals surface area contributed by atoms with Gasteiger partial charge in [0, 0.05) is 8.41 Å². The molecule has 0 aromatic heterocycles. The maximum absolute atomic E-state index is 2.39. The fraction of sp³-hybridized carbons (Fsp3) is 0.600. The molecule has 2 bridgehead atoms. The lowest BCUT2D eigenvalue weighted by Gasteiger charge is -2.29. The quantitative estimate of drug-likeness (QED) is 0.523. The Bertz CT molecular complexity index is 391. The van der Waals surface area contributed by atoms with Crippen LogP contribution in [0.3, 0.4) is 0 Å². The van der Waals surface area contributed by atoms with Gasteiger partial charge in [-0.1, -0.05) is 38.3 Å². The van der Waals surface area contributed by atoms with Crippen LogP contribution >= 0.6 is 7.92 Å². The molecule has 1 aromatic rings. The molecule has 3 radical (unpaired) electrons. The van der Waals surface area contributed by atoms with Gasteiger partial charge in [-0.2, -0.15) is 0 Å². The van der Waals surface area contributed by atoms with E-state index in [0.29, 0.717) is 0 Å². The van der Waals surface area contributed by atoms with Crippen molar-refractivity contribution in [3.05, 3.63) is 30.3 Å². The van der Waals surface area contributed by atoms with Gasteiger partial charge in [0.05, 0.1) is 0 Å². The molecule has 0 N–H and O–H groups in total. The molecular weight excluding hydrogens is 222 g/mol. The summed E-state index contributed by atoms with van der Waals surface area (Å²) in [6.45, 7) is 0. The van der Waals surface area contributed by atoms with Crippen molar-refractivity contribution >= 4 is 21.6 Å². The Morgan fingerprint density at radius 1 is 0.941 bits per heavy atom. The van der Waals surface area contributed by atoms with Gasteiger partial charge in [-0.3, -0.25) is 0 Å². The first-order valence-electron chi connectivity index (χ1n) is 6.75. The first-order chi connectivity index (χ1) is 7.93. The van der Waals surface area contributed by atoms with Gasteiger partial charge in [0.1, 0.15) is 0 Å². The van der Waals surface area contributed by atoms with Crippen LogP contribution in [-0.2, 0) is 0 Å². The number of hydrogen-bond donors (Lipinski definition) is 0. The zero-order valence-corrected chi connectivity index (χ0v) is 11.2. The van der Waals surface area contributed by atoms with E-state index in [1.54, 1.807) is 31.0 Å². The van der Waals surface area contributed by atoms with Crippen LogP contribution in [-0.4, -0.2) is 20.2 Å². The van der Waals surface area contributed by atoms with Gasteiger partial charge < -0.3 is 0 Å². The van der Waals surface area contributed by atoms with Crippen molar-refractivity contribution in [1.82, 2.24) is 0 Å². The molecule has 1 heterocycles. The van der Waals surface area contributed by atoms with Crippen LogP contribution in [0.15, 0.2) is 30.3 Å². The summed E-state index contributed by atoms with van der Waals surface area (Å²) >= 11 is 0. The predicted octanol–water partition coefficient (Wildman–Crippen LogP) is 3.23. The van der Waals surface area contributed by atoms with Gasteiger partial charge in [0.15, 0.2) is 0 Å². The number of fused-ring (bicyclic) bond motifs is 5. The topological polar surface area (TPSA) is 0 Å². The van der Waals surface area contributed by atoms with E-state index in [9.17, 15) is 0 Å². The number of hydrogen-bond acceptors (Lipinski definition) is 0. The second kappa shape index (κ2) is 4.43. The molecule has 0 nitrogen and oxygen atoms in total. The fourth-order valence-corrected chi connectivity index (χ4v) is 8.30. The Morgan fingerprint density at radius 2 is 1.71 bits per heavy atom. The van der Waals surface area contributed by atoms with Crippen LogP contribution in [0.5, 0.6) is 0 Å². The molecule has 2 aliphatic carbocycles. The Labute approximate surface area is 108 Å². The van der Waals surface area contributed by atoms with Crippen LogP contribution in [0, 0.1) is 17.8 Å². The molecule has 0 spiro atoms. The summed E-state index contributed by atoms with van der Waals surface area (Å²) in [5.41, 5.74) is 1.12. The van der Waals surface area contributed by atoms with Crippen molar-refractivity contribution in [2.75, 3.05) is 6.16 Å². The van der Waals surface area contributed by atoms with E-state index >= 15 is 0 Å². The summed E-state index contributed by atoms with van der Waals surface area (Å²) < 4.78 is 0. The third kappa shape index (κ3) is 1.70. The molecule has 4 rings (SSSR count). The summed E-state index contributed by atoms with van der Waals surface area (Å²) in [6, 6.07) is 11.4. The normalized spacial score (nSPS) is 42.2. The second-order valence-electron chi connectivity index (χ2n) is 5.81. The van der Waals surface area contributed by atoms with Crippen molar-refractivity contribution in [3.8, 4) is 0 Å². The molecule has 3 aliphatic rings. The van der Waals surface area contributed by atoms with Gasteiger partial charge in [-0.15, -0.1) is 0 Å². The first kappa shape index (κ1) is 11.8.